The summed E-state index contributed by atoms with van der Waals surface area (Å²) in [4.78, 5) is 42.6. The van der Waals surface area contributed by atoms with E-state index in [1.54, 1.807) is 19.5 Å². The number of piperazine rings is 1. The number of anilines is 1. The van der Waals surface area contributed by atoms with E-state index in [-0.39, 0.29) is 24.1 Å². The van der Waals surface area contributed by atoms with Crippen LogP contribution in [0.5, 0.6) is 0 Å². The lowest BCUT2D eigenvalue weighted by Gasteiger charge is -2.36. The summed E-state index contributed by atoms with van der Waals surface area (Å²) in [7, 11) is 1.73. The molecule has 0 radical (unpaired) electrons. The summed E-state index contributed by atoms with van der Waals surface area (Å²) in [5.41, 5.74) is 14.2. The van der Waals surface area contributed by atoms with Crippen molar-refractivity contribution in [1.29, 1.82) is 0 Å². The number of esters is 1. The molecule has 266 valence electrons. The predicted molar refractivity (Wildman–Crippen MR) is 196 cm³/mol. The minimum Gasteiger partial charge on any atom is -0.465 e. The van der Waals surface area contributed by atoms with E-state index in [4.69, 9.17) is 25.2 Å². The molecule has 1 aromatic carbocycles. The third-order valence-corrected chi connectivity index (χ3v) is 10.0. The van der Waals surface area contributed by atoms with Crippen molar-refractivity contribution in [2.24, 2.45) is 11.1 Å². The van der Waals surface area contributed by atoms with E-state index < -0.39 is 6.04 Å². The second-order valence-corrected chi connectivity index (χ2v) is 14.6. The lowest BCUT2D eigenvalue weighted by atomic mass is 9.84. The van der Waals surface area contributed by atoms with E-state index in [2.05, 4.69) is 64.4 Å². The smallest absolute Gasteiger partial charge is 0.302 e. The number of nitrogens with two attached hydrogens (primary N) is 1. The topological polar surface area (TPSA) is 129 Å². The van der Waals surface area contributed by atoms with Crippen LogP contribution in [0.25, 0.3) is 33.4 Å². The Kier molecular flexibility index (Phi) is 10.7. The van der Waals surface area contributed by atoms with Gasteiger partial charge in [0, 0.05) is 92.9 Å². The second kappa shape index (κ2) is 15.0. The number of aromatic nitrogens is 4. The third kappa shape index (κ3) is 7.75. The number of aldehydes is 1. The molecule has 1 saturated carbocycles. The summed E-state index contributed by atoms with van der Waals surface area (Å²) in [5.74, 6) is -0.292. The lowest BCUT2D eigenvalue weighted by Crippen LogP contribution is -2.47. The number of hydrogen-bond acceptors (Lipinski definition) is 10. The molecule has 4 aromatic rings. The van der Waals surface area contributed by atoms with Crippen molar-refractivity contribution in [3.8, 4) is 22.5 Å². The van der Waals surface area contributed by atoms with Crippen molar-refractivity contribution >= 4 is 28.8 Å². The summed E-state index contributed by atoms with van der Waals surface area (Å²) in [6.45, 7) is 15.0. The molecule has 4 heterocycles. The molecule has 2 aliphatic rings. The first kappa shape index (κ1) is 35.6. The van der Waals surface area contributed by atoms with E-state index >= 15 is 0 Å². The van der Waals surface area contributed by atoms with Crippen LogP contribution in [-0.2, 0) is 38.4 Å². The van der Waals surface area contributed by atoms with Crippen LogP contribution in [0, 0.1) is 5.41 Å². The highest BCUT2D eigenvalue weighted by Gasteiger charge is 2.33. The van der Waals surface area contributed by atoms with Gasteiger partial charge in [0.25, 0.3) is 0 Å². The van der Waals surface area contributed by atoms with Gasteiger partial charge in [-0.25, -0.2) is 4.98 Å². The number of benzene rings is 1. The molecule has 11 heteroatoms. The van der Waals surface area contributed by atoms with Gasteiger partial charge in [0.2, 0.25) is 0 Å². The van der Waals surface area contributed by atoms with Gasteiger partial charge in [0.1, 0.15) is 6.29 Å². The number of carbonyl (C=O) groups is 2. The Bertz CT molecular complexity index is 1840. The monoisotopic (exact) mass is 681 g/mol. The van der Waals surface area contributed by atoms with Crippen molar-refractivity contribution < 1.29 is 19.1 Å². The molecule has 11 nitrogen and oxygen atoms in total. The van der Waals surface area contributed by atoms with Crippen LogP contribution < -0.4 is 10.6 Å². The van der Waals surface area contributed by atoms with Gasteiger partial charge in [0.05, 0.1) is 59.6 Å². The molecule has 2 N–H and O–H groups in total. The Morgan fingerprint density at radius 1 is 1.12 bits per heavy atom. The van der Waals surface area contributed by atoms with Gasteiger partial charge in [-0.3, -0.25) is 19.7 Å². The number of pyridine rings is 1. The van der Waals surface area contributed by atoms with E-state index in [1.807, 2.05) is 13.1 Å². The first-order valence-corrected chi connectivity index (χ1v) is 17.8. The van der Waals surface area contributed by atoms with Crippen molar-refractivity contribution in [2.75, 3.05) is 44.8 Å². The van der Waals surface area contributed by atoms with Crippen molar-refractivity contribution in [3.05, 3.63) is 59.8 Å². The number of nitrogens with zero attached hydrogens (tertiary/aromatic N) is 6. The Hall–Kier alpha value is -4.19. The zero-order chi connectivity index (χ0) is 35.6. The lowest BCUT2D eigenvalue weighted by molar-refractivity contribution is -0.143. The third-order valence-electron chi connectivity index (χ3n) is 10.0. The summed E-state index contributed by atoms with van der Waals surface area (Å²) < 4.78 is 13.9. The molecule has 1 saturated heterocycles. The molecule has 1 aliphatic carbocycles. The Labute approximate surface area is 295 Å². The quantitative estimate of drug-likeness (QED) is 0.137. The van der Waals surface area contributed by atoms with Crippen LogP contribution in [0.2, 0.25) is 0 Å². The molecule has 0 bridgehead atoms. The molecule has 2 atom stereocenters. The first-order chi connectivity index (χ1) is 24.0. The fourth-order valence-corrected chi connectivity index (χ4v) is 7.21. The molecule has 50 heavy (non-hydrogen) atoms. The molecule has 6 rings (SSSR count). The van der Waals surface area contributed by atoms with Crippen LogP contribution >= 0.6 is 0 Å². The zero-order valence-electron chi connectivity index (χ0n) is 30.3. The highest BCUT2D eigenvalue weighted by molar-refractivity contribution is 5.95. The van der Waals surface area contributed by atoms with Crippen LogP contribution in [0.15, 0.2) is 42.9 Å². The van der Waals surface area contributed by atoms with Crippen molar-refractivity contribution in [2.45, 2.75) is 85.0 Å². The largest absolute Gasteiger partial charge is 0.465 e. The average molecular weight is 682 g/mol. The van der Waals surface area contributed by atoms with Crippen molar-refractivity contribution in [1.82, 2.24) is 24.4 Å². The van der Waals surface area contributed by atoms with Crippen molar-refractivity contribution in [3.63, 3.8) is 0 Å². The van der Waals surface area contributed by atoms with Gasteiger partial charge in [-0.1, -0.05) is 19.9 Å². The maximum Gasteiger partial charge on any atom is 0.302 e. The normalized spacial score (nSPS) is 16.8. The SMILES string of the molecule is CCn1c(-c2cc(N3CCN(C4CC4)CC3)cnc2C(C)OC)c(CC(C)(C)COC(C)=O)c2cc(-c3cncc(CC(N)C=O)n3)ccc21. The average Bonchev–Trinajstić information content (AvgIpc) is 3.93. The van der Waals surface area contributed by atoms with Crippen LogP contribution in [0.3, 0.4) is 0 Å². The zero-order valence-corrected chi connectivity index (χ0v) is 30.3. The molecule has 2 unspecified atom stereocenters. The highest BCUT2D eigenvalue weighted by atomic mass is 16.5. The molecule has 0 spiro atoms. The Balaban J connectivity index is 1.52. The molecule has 2 fully saturated rings. The standard InChI is InChI=1S/C39H51N7O4/c1-7-46-36-11-8-27(35-22-41-20-29(43-35)17-28(40)23-47)16-32(36)34(19-39(4,5)24-50-26(3)48)38(46)33-18-31(21-42-37(33)25(2)49-6)45-14-12-44(13-15-45)30-9-10-30/h8,11,16,18,20-23,25,28,30H,7,9-10,12-15,17,19,24,40H2,1-6H3. The summed E-state index contributed by atoms with van der Waals surface area (Å²) in [5, 5.41) is 1.09. The van der Waals surface area contributed by atoms with Gasteiger partial charge < -0.3 is 29.5 Å². The maximum absolute atomic E-state index is 11.9. The van der Waals surface area contributed by atoms with Gasteiger partial charge >= 0.3 is 5.97 Å². The van der Waals surface area contributed by atoms with Gasteiger partial charge in [0.15, 0.2) is 0 Å². The highest BCUT2D eigenvalue weighted by Crippen LogP contribution is 2.43. The van der Waals surface area contributed by atoms with E-state index in [1.165, 1.54) is 19.8 Å². The first-order valence-electron chi connectivity index (χ1n) is 17.8. The molecular formula is C39H51N7O4. The van der Waals surface area contributed by atoms with Gasteiger partial charge in [-0.15, -0.1) is 0 Å². The van der Waals surface area contributed by atoms with Gasteiger partial charge in [-0.05, 0) is 56.9 Å². The molecular weight excluding hydrogens is 630 g/mol. The van der Waals surface area contributed by atoms with Crippen LogP contribution in [-0.4, -0.2) is 88.7 Å². The number of methoxy groups -OCH3 is 1. The number of hydrogen-bond donors (Lipinski definition) is 1. The van der Waals surface area contributed by atoms with Crippen LogP contribution in [0.1, 0.15) is 70.5 Å². The fourth-order valence-electron chi connectivity index (χ4n) is 7.21. The number of fused-ring (bicyclic) bond motifs is 1. The number of rotatable bonds is 14. The predicted octanol–water partition coefficient (Wildman–Crippen LogP) is 5.37. The van der Waals surface area contributed by atoms with Gasteiger partial charge in [-0.2, -0.15) is 0 Å². The summed E-state index contributed by atoms with van der Waals surface area (Å²) in [6, 6.07) is 8.85. The Morgan fingerprint density at radius 2 is 1.88 bits per heavy atom. The van der Waals surface area contributed by atoms with Crippen LogP contribution in [0.4, 0.5) is 5.69 Å². The fraction of sp³-hybridized carbons (Fsp3) is 0.513. The minimum absolute atomic E-state index is 0.234. The Morgan fingerprint density at radius 3 is 2.54 bits per heavy atom. The molecule has 0 amide bonds. The number of ether oxygens (including phenoxy) is 2. The summed E-state index contributed by atoms with van der Waals surface area (Å²) >= 11 is 0. The van der Waals surface area contributed by atoms with E-state index in [0.717, 1.165) is 89.7 Å². The molecule has 3 aromatic heterocycles. The minimum atomic E-state index is -0.635. The van der Waals surface area contributed by atoms with E-state index in [0.29, 0.717) is 24.2 Å². The maximum atomic E-state index is 11.9. The number of carbonyl (C=O) groups excluding carboxylic acids is 2. The summed E-state index contributed by atoms with van der Waals surface area (Å²) in [6.07, 6.45) is 9.51. The second-order valence-electron chi connectivity index (χ2n) is 14.6. The van der Waals surface area contributed by atoms with E-state index in [9.17, 15) is 9.59 Å². The molecule has 1 aliphatic heterocycles. The number of aryl methyl sites for hydroxylation is 1.